The van der Waals surface area contributed by atoms with Crippen molar-refractivity contribution in [3.05, 3.63) is 83.4 Å². The molecule has 0 aromatic heterocycles. The molecule has 1 unspecified atom stereocenters. The number of carbonyl (C=O) groups excluding carboxylic acids is 1. The molecule has 6 nitrogen and oxygen atoms in total. The third-order valence-electron chi connectivity index (χ3n) is 8.09. The molecule has 0 radical (unpaired) electrons. The lowest BCUT2D eigenvalue weighted by Crippen LogP contribution is -2.55. The van der Waals surface area contributed by atoms with Gasteiger partial charge < -0.3 is 9.64 Å². The van der Waals surface area contributed by atoms with Crippen molar-refractivity contribution in [3.63, 3.8) is 0 Å². The van der Waals surface area contributed by atoms with Gasteiger partial charge in [-0.1, -0.05) is 67.3 Å². The first kappa shape index (κ1) is 30.4. The van der Waals surface area contributed by atoms with Gasteiger partial charge in [0.2, 0.25) is 15.9 Å². The highest BCUT2D eigenvalue weighted by atomic mass is 35.5. The molecule has 1 N–H and O–H groups in total. The van der Waals surface area contributed by atoms with E-state index in [0.717, 1.165) is 18.4 Å². The second-order valence-corrected chi connectivity index (χ2v) is 13.2. The van der Waals surface area contributed by atoms with Crippen molar-refractivity contribution in [3.8, 4) is 16.9 Å². The first-order valence-corrected chi connectivity index (χ1v) is 16.3. The number of hydrogen-bond donors (Lipinski definition) is 1. The molecule has 0 spiro atoms. The monoisotopic (exact) mass is 616 g/mol. The summed E-state index contributed by atoms with van der Waals surface area (Å²) in [6, 6.07) is 15.8. The molecule has 2 aliphatic rings. The molecule has 2 fully saturated rings. The summed E-state index contributed by atoms with van der Waals surface area (Å²) in [5.74, 6) is -3.79. The van der Waals surface area contributed by atoms with Crippen LogP contribution in [0.4, 0.5) is 8.78 Å². The number of benzene rings is 3. The lowest BCUT2D eigenvalue weighted by molar-refractivity contribution is -0.143. The van der Waals surface area contributed by atoms with E-state index in [1.165, 1.54) is 72.7 Å². The number of carbonyl (C=O) groups is 1. The number of nitrogens with zero attached hydrogens (tertiary/aromatic N) is 1. The Morgan fingerprint density at radius 1 is 0.881 bits per heavy atom. The summed E-state index contributed by atoms with van der Waals surface area (Å²) >= 11 is 5.95. The average Bonchev–Trinajstić information content (AvgIpc) is 3.55. The fourth-order valence-corrected chi connectivity index (χ4v) is 6.92. The summed E-state index contributed by atoms with van der Waals surface area (Å²) in [6.45, 7) is 1.16. The normalized spacial score (nSPS) is 17.3. The van der Waals surface area contributed by atoms with Crippen molar-refractivity contribution in [1.29, 1.82) is 0 Å². The van der Waals surface area contributed by atoms with Crippen LogP contribution < -0.4 is 9.46 Å². The molecule has 0 bridgehead atoms. The first-order chi connectivity index (χ1) is 20.1. The molecule has 10 heteroatoms. The number of sulfonamides is 1. The zero-order valence-electron chi connectivity index (χ0n) is 23.3. The zero-order valence-corrected chi connectivity index (χ0v) is 24.8. The van der Waals surface area contributed by atoms with Crippen LogP contribution in [-0.4, -0.2) is 45.0 Å². The molecule has 1 saturated carbocycles. The maximum atomic E-state index is 16.1. The summed E-state index contributed by atoms with van der Waals surface area (Å²) in [5, 5.41) is 0.555. The second-order valence-electron chi connectivity index (χ2n) is 11.1. The minimum atomic E-state index is -4.48. The number of likely N-dealkylation sites (tertiary alicyclic amines) is 1. The SMILES string of the molecule is O=C(C(NS(=O)(=O)c1ccc(OCC2CCCCC2)cc1)C(F)(F)c1ccc(-c2ccc(Cl)cc2)cc1)N1CCCC1. The van der Waals surface area contributed by atoms with Crippen molar-refractivity contribution < 1.29 is 26.7 Å². The molecule has 224 valence electrons. The van der Waals surface area contributed by atoms with Crippen LogP contribution in [0.2, 0.25) is 5.02 Å². The van der Waals surface area contributed by atoms with E-state index < -0.39 is 33.5 Å². The van der Waals surface area contributed by atoms with Crippen LogP contribution in [0.3, 0.4) is 0 Å². The summed E-state index contributed by atoms with van der Waals surface area (Å²) in [6.07, 6.45) is 7.19. The van der Waals surface area contributed by atoms with Crippen LogP contribution in [0.1, 0.15) is 50.5 Å². The number of rotatable bonds is 10. The van der Waals surface area contributed by atoms with Gasteiger partial charge in [0.1, 0.15) is 5.75 Å². The Morgan fingerprint density at radius 2 is 1.45 bits per heavy atom. The molecule has 3 aromatic rings. The fraction of sp³-hybridized carbons (Fsp3) is 0.406. The van der Waals surface area contributed by atoms with E-state index in [0.29, 0.717) is 54.8 Å². The molecule has 1 heterocycles. The van der Waals surface area contributed by atoms with Crippen molar-refractivity contribution in [2.24, 2.45) is 5.92 Å². The van der Waals surface area contributed by atoms with E-state index in [-0.39, 0.29) is 4.90 Å². The van der Waals surface area contributed by atoms with Crippen LogP contribution in [0.15, 0.2) is 77.7 Å². The Bertz CT molecular complexity index is 1450. The van der Waals surface area contributed by atoms with Gasteiger partial charge >= 0.3 is 0 Å². The van der Waals surface area contributed by atoms with E-state index in [1.54, 1.807) is 24.3 Å². The Hall–Kier alpha value is -3.01. The number of halogens is 3. The van der Waals surface area contributed by atoms with E-state index in [1.807, 2.05) is 0 Å². The van der Waals surface area contributed by atoms with Gasteiger partial charge in [0, 0.05) is 23.7 Å². The van der Waals surface area contributed by atoms with Gasteiger partial charge in [-0.05, 0) is 79.1 Å². The van der Waals surface area contributed by atoms with Gasteiger partial charge in [0.05, 0.1) is 11.5 Å². The van der Waals surface area contributed by atoms with Crippen molar-refractivity contribution >= 4 is 27.5 Å². The number of hydrogen-bond acceptors (Lipinski definition) is 4. The first-order valence-electron chi connectivity index (χ1n) is 14.4. The Labute approximate surface area is 251 Å². The predicted octanol–water partition coefficient (Wildman–Crippen LogP) is 7.03. The van der Waals surface area contributed by atoms with Gasteiger partial charge in [-0.2, -0.15) is 13.5 Å². The maximum absolute atomic E-state index is 16.1. The Kier molecular flexibility index (Phi) is 9.50. The molecule has 1 aliphatic heterocycles. The van der Waals surface area contributed by atoms with Crippen LogP contribution in [0, 0.1) is 5.92 Å². The third-order valence-corrected chi connectivity index (χ3v) is 9.78. The molecular formula is C32H35ClF2N2O4S. The van der Waals surface area contributed by atoms with Crippen molar-refractivity contribution in [2.75, 3.05) is 19.7 Å². The van der Waals surface area contributed by atoms with E-state index in [4.69, 9.17) is 16.3 Å². The van der Waals surface area contributed by atoms with E-state index in [2.05, 4.69) is 4.72 Å². The number of ether oxygens (including phenoxy) is 1. The van der Waals surface area contributed by atoms with Gasteiger partial charge in [0.15, 0.2) is 6.04 Å². The van der Waals surface area contributed by atoms with Crippen LogP contribution in [0.5, 0.6) is 5.75 Å². The minimum Gasteiger partial charge on any atom is -0.493 e. The lowest BCUT2D eigenvalue weighted by atomic mass is 9.90. The highest BCUT2D eigenvalue weighted by Gasteiger charge is 2.50. The molecule has 5 rings (SSSR count). The Morgan fingerprint density at radius 3 is 2.05 bits per heavy atom. The fourth-order valence-electron chi connectivity index (χ4n) is 5.60. The summed E-state index contributed by atoms with van der Waals surface area (Å²) in [7, 11) is -4.48. The van der Waals surface area contributed by atoms with Crippen molar-refractivity contribution in [2.45, 2.75) is 61.8 Å². The summed E-state index contributed by atoms with van der Waals surface area (Å²) in [4.78, 5) is 14.4. The van der Waals surface area contributed by atoms with E-state index >= 15 is 8.78 Å². The topological polar surface area (TPSA) is 75.7 Å². The second kappa shape index (κ2) is 13.1. The molecule has 1 atom stereocenters. The van der Waals surface area contributed by atoms with Crippen molar-refractivity contribution in [1.82, 2.24) is 9.62 Å². The Balaban J connectivity index is 1.36. The van der Waals surface area contributed by atoms with Crippen LogP contribution in [0.25, 0.3) is 11.1 Å². The molecular weight excluding hydrogens is 582 g/mol. The van der Waals surface area contributed by atoms with Gasteiger partial charge in [-0.25, -0.2) is 8.42 Å². The zero-order chi connectivity index (χ0) is 29.7. The van der Waals surface area contributed by atoms with Gasteiger partial charge in [-0.3, -0.25) is 4.79 Å². The highest BCUT2D eigenvalue weighted by Crippen LogP contribution is 2.36. The number of amides is 1. The smallest absolute Gasteiger partial charge is 0.298 e. The predicted molar refractivity (Wildman–Crippen MR) is 159 cm³/mol. The van der Waals surface area contributed by atoms with Gasteiger partial charge in [0.25, 0.3) is 5.92 Å². The standard InChI is InChI=1S/C32H35ClF2N2O4S/c33-27-14-10-25(11-15-27)24-8-12-26(13-9-24)32(34,35)30(31(38)37-20-4-5-21-37)36-42(39,40)29-18-16-28(17-19-29)41-22-23-6-2-1-3-7-23/h8-19,23,30,36H,1-7,20-22H2. The third kappa shape index (κ3) is 7.13. The molecule has 42 heavy (non-hydrogen) atoms. The summed E-state index contributed by atoms with van der Waals surface area (Å²) < 4.78 is 66.8. The largest absolute Gasteiger partial charge is 0.493 e. The van der Waals surface area contributed by atoms with Crippen LogP contribution in [-0.2, 0) is 20.7 Å². The van der Waals surface area contributed by atoms with Crippen LogP contribution >= 0.6 is 11.6 Å². The van der Waals surface area contributed by atoms with E-state index in [9.17, 15) is 13.2 Å². The molecule has 3 aromatic carbocycles. The number of nitrogens with one attached hydrogen (secondary N) is 1. The minimum absolute atomic E-state index is 0.222. The summed E-state index contributed by atoms with van der Waals surface area (Å²) in [5.41, 5.74) is 0.998. The lowest BCUT2D eigenvalue weighted by Gasteiger charge is -2.30. The highest BCUT2D eigenvalue weighted by molar-refractivity contribution is 7.89. The quantitative estimate of drug-likeness (QED) is 0.265. The number of alkyl halides is 2. The molecule has 1 saturated heterocycles. The van der Waals surface area contributed by atoms with Gasteiger partial charge in [-0.15, -0.1) is 0 Å². The molecule has 1 amide bonds. The maximum Gasteiger partial charge on any atom is 0.298 e. The average molecular weight is 617 g/mol. The molecule has 1 aliphatic carbocycles.